The Kier molecular flexibility index (Phi) is 6.74. The van der Waals surface area contributed by atoms with Crippen molar-refractivity contribution in [3.05, 3.63) is 29.3 Å². The summed E-state index contributed by atoms with van der Waals surface area (Å²) in [5.74, 6) is 0.0992. The van der Waals surface area contributed by atoms with E-state index in [0.717, 1.165) is 24.2 Å². The lowest BCUT2D eigenvalue weighted by Gasteiger charge is -2.20. The van der Waals surface area contributed by atoms with Crippen molar-refractivity contribution in [2.24, 2.45) is 11.8 Å². The first-order valence-electron chi connectivity index (χ1n) is 7.40. The number of carboxylic acid groups (broad SMARTS) is 1. The minimum Gasteiger partial charge on any atom is -0.481 e. The molecule has 0 saturated heterocycles. The van der Waals surface area contributed by atoms with Gasteiger partial charge in [-0.1, -0.05) is 19.9 Å². The summed E-state index contributed by atoms with van der Waals surface area (Å²) in [5, 5.41) is 21.2. The van der Waals surface area contributed by atoms with Crippen molar-refractivity contribution in [2.75, 3.05) is 11.9 Å². The average Bonchev–Trinajstić information content (AvgIpc) is 2.42. The molecule has 0 aliphatic rings. The van der Waals surface area contributed by atoms with Gasteiger partial charge in [-0.2, -0.15) is 5.26 Å². The molecule has 0 fully saturated rings. The number of aryl methyl sites for hydroxylation is 1. The first kappa shape index (κ1) is 17.0. The maximum Gasteiger partial charge on any atom is 0.303 e. The fourth-order valence-electron chi connectivity index (χ4n) is 2.41. The molecular weight excluding hydrogens is 264 g/mol. The van der Waals surface area contributed by atoms with Gasteiger partial charge in [0.2, 0.25) is 0 Å². The number of nitriles is 1. The summed E-state index contributed by atoms with van der Waals surface area (Å²) in [6.45, 7) is 7.00. The zero-order valence-electron chi connectivity index (χ0n) is 13.0. The van der Waals surface area contributed by atoms with E-state index >= 15 is 0 Å². The second-order valence-corrected chi connectivity index (χ2v) is 5.81. The van der Waals surface area contributed by atoms with Crippen molar-refractivity contribution in [1.82, 2.24) is 0 Å². The number of carboxylic acids is 1. The first-order chi connectivity index (χ1) is 9.93. The van der Waals surface area contributed by atoms with Gasteiger partial charge in [0.25, 0.3) is 0 Å². The van der Waals surface area contributed by atoms with Crippen LogP contribution in [0.5, 0.6) is 0 Å². The van der Waals surface area contributed by atoms with Crippen LogP contribution in [0.3, 0.4) is 0 Å². The molecule has 1 aromatic rings. The normalized spacial score (nSPS) is 12.0. The highest BCUT2D eigenvalue weighted by Crippen LogP contribution is 2.22. The number of nitrogens with one attached hydrogen (secondary N) is 1. The first-order valence-corrected chi connectivity index (χ1v) is 7.40. The Morgan fingerprint density at radius 3 is 2.67 bits per heavy atom. The third-order valence-electron chi connectivity index (χ3n) is 3.80. The Labute approximate surface area is 126 Å². The van der Waals surface area contributed by atoms with Crippen LogP contribution in [-0.2, 0) is 4.79 Å². The predicted octanol–water partition coefficient (Wildman–Crippen LogP) is 3.81. The van der Waals surface area contributed by atoms with Gasteiger partial charge < -0.3 is 10.4 Å². The van der Waals surface area contributed by atoms with Crippen LogP contribution in [0.4, 0.5) is 5.69 Å². The lowest BCUT2D eigenvalue weighted by molar-refractivity contribution is -0.137. The molecule has 1 unspecified atom stereocenters. The highest BCUT2D eigenvalue weighted by atomic mass is 16.4. The fraction of sp³-hybridized carbons (Fsp3) is 0.529. The van der Waals surface area contributed by atoms with Gasteiger partial charge in [-0.15, -0.1) is 0 Å². The number of carbonyl (C=O) groups is 1. The molecule has 0 saturated carbocycles. The van der Waals surface area contributed by atoms with E-state index in [1.807, 2.05) is 25.1 Å². The van der Waals surface area contributed by atoms with E-state index in [2.05, 4.69) is 25.2 Å². The van der Waals surface area contributed by atoms with Crippen molar-refractivity contribution in [2.45, 2.75) is 40.0 Å². The number of nitrogens with zero attached hydrogens (tertiary/aromatic N) is 1. The number of benzene rings is 1. The molecule has 2 N–H and O–H groups in total. The van der Waals surface area contributed by atoms with E-state index in [0.29, 0.717) is 23.8 Å². The van der Waals surface area contributed by atoms with Gasteiger partial charge in [-0.25, -0.2) is 0 Å². The van der Waals surface area contributed by atoms with Crippen molar-refractivity contribution < 1.29 is 9.90 Å². The van der Waals surface area contributed by atoms with Crippen LogP contribution in [0.2, 0.25) is 0 Å². The summed E-state index contributed by atoms with van der Waals surface area (Å²) in [4.78, 5) is 10.7. The van der Waals surface area contributed by atoms with Gasteiger partial charge in [-0.05, 0) is 49.3 Å². The standard InChI is InChI=1S/C17H24N2O2/c1-12(2)14(6-7-17(20)21)8-9-19-16-10-13(3)4-5-15(16)11-18/h4-5,10,12,14,19H,6-9H2,1-3H3,(H,20,21). The van der Waals surface area contributed by atoms with Crippen LogP contribution < -0.4 is 5.32 Å². The summed E-state index contributed by atoms with van der Waals surface area (Å²) in [5.41, 5.74) is 2.62. The number of hydrogen-bond donors (Lipinski definition) is 2. The SMILES string of the molecule is Cc1ccc(C#N)c(NCCC(CCC(=O)O)C(C)C)c1. The highest BCUT2D eigenvalue weighted by Gasteiger charge is 2.15. The molecule has 0 heterocycles. The van der Waals surface area contributed by atoms with Gasteiger partial charge in [0, 0.05) is 13.0 Å². The van der Waals surface area contributed by atoms with Gasteiger partial charge in [-0.3, -0.25) is 4.79 Å². The molecule has 0 aliphatic carbocycles. The Bertz CT molecular complexity index is 518. The smallest absolute Gasteiger partial charge is 0.303 e. The molecule has 0 aromatic heterocycles. The molecule has 0 radical (unpaired) electrons. The van der Waals surface area contributed by atoms with Gasteiger partial charge in [0.05, 0.1) is 11.3 Å². The summed E-state index contributed by atoms with van der Waals surface area (Å²) in [6, 6.07) is 7.90. The second kappa shape index (κ2) is 8.31. The molecule has 114 valence electrons. The summed E-state index contributed by atoms with van der Waals surface area (Å²) < 4.78 is 0. The molecule has 4 nitrogen and oxygen atoms in total. The van der Waals surface area contributed by atoms with Crippen LogP contribution in [-0.4, -0.2) is 17.6 Å². The van der Waals surface area contributed by atoms with E-state index < -0.39 is 5.97 Å². The molecule has 4 heteroatoms. The lowest BCUT2D eigenvalue weighted by Crippen LogP contribution is -2.16. The van der Waals surface area contributed by atoms with Crippen LogP contribution >= 0.6 is 0 Å². The number of aliphatic carboxylic acids is 1. The topological polar surface area (TPSA) is 73.1 Å². The Morgan fingerprint density at radius 2 is 2.10 bits per heavy atom. The molecule has 1 aromatic carbocycles. The molecule has 21 heavy (non-hydrogen) atoms. The number of rotatable bonds is 8. The lowest BCUT2D eigenvalue weighted by atomic mass is 9.88. The molecular formula is C17H24N2O2. The zero-order chi connectivity index (χ0) is 15.8. The molecule has 1 rings (SSSR count). The Balaban J connectivity index is 2.56. The fourth-order valence-corrected chi connectivity index (χ4v) is 2.41. The van der Waals surface area contributed by atoms with Gasteiger partial charge in [0.1, 0.15) is 6.07 Å². The average molecular weight is 288 g/mol. The van der Waals surface area contributed by atoms with E-state index in [4.69, 9.17) is 10.4 Å². The maximum absolute atomic E-state index is 10.7. The van der Waals surface area contributed by atoms with E-state index in [9.17, 15) is 4.79 Å². The maximum atomic E-state index is 10.7. The molecule has 0 bridgehead atoms. The van der Waals surface area contributed by atoms with Crippen LogP contribution in [0.1, 0.15) is 44.2 Å². The van der Waals surface area contributed by atoms with Gasteiger partial charge >= 0.3 is 5.97 Å². The zero-order valence-corrected chi connectivity index (χ0v) is 13.0. The number of hydrogen-bond acceptors (Lipinski definition) is 3. The highest BCUT2D eigenvalue weighted by molar-refractivity contribution is 5.66. The van der Waals surface area contributed by atoms with E-state index in [-0.39, 0.29) is 6.42 Å². The van der Waals surface area contributed by atoms with E-state index in [1.54, 1.807) is 0 Å². The summed E-state index contributed by atoms with van der Waals surface area (Å²) >= 11 is 0. The number of anilines is 1. The molecule has 1 atom stereocenters. The van der Waals surface area contributed by atoms with Crippen LogP contribution in [0, 0.1) is 30.1 Å². The van der Waals surface area contributed by atoms with Crippen LogP contribution in [0.15, 0.2) is 18.2 Å². The third kappa shape index (κ3) is 5.86. The van der Waals surface area contributed by atoms with Crippen molar-refractivity contribution in [3.63, 3.8) is 0 Å². The third-order valence-corrected chi connectivity index (χ3v) is 3.80. The minimum absolute atomic E-state index is 0.219. The molecule has 0 spiro atoms. The quantitative estimate of drug-likeness (QED) is 0.763. The molecule has 0 amide bonds. The van der Waals surface area contributed by atoms with Gasteiger partial charge in [0.15, 0.2) is 0 Å². The molecule has 0 aliphatic heterocycles. The second-order valence-electron chi connectivity index (χ2n) is 5.81. The van der Waals surface area contributed by atoms with Crippen molar-refractivity contribution >= 4 is 11.7 Å². The van der Waals surface area contributed by atoms with Crippen molar-refractivity contribution in [1.29, 1.82) is 5.26 Å². The van der Waals surface area contributed by atoms with Crippen molar-refractivity contribution in [3.8, 4) is 6.07 Å². The summed E-state index contributed by atoms with van der Waals surface area (Å²) in [7, 11) is 0. The van der Waals surface area contributed by atoms with Crippen LogP contribution in [0.25, 0.3) is 0 Å². The largest absolute Gasteiger partial charge is 0.481 e. The predicted molar refractivity (Wildman–Crippen MR) is 84.2 cm³/mol. The Morgan fingerprint density at radius 1 is 1.38 bits per heavy atom. The van der Waals surface area contributed by atoms with E-state index in [1.165, 1.54) is 0 Å². The Hall–Kier alpha value is -2.02. The minimum atomic E-state index is -0.737. The monoisotopic (exact) mass is 288 g/mol. The summed E-state index contributed by atoms with van der Waals surface area (Å²) in [6.07, 6.45) is 1.83.